The summed E-state index contributed by atoms with van der Waals surface area (Å²) in [5.41, 5.74) is 12.5. The fraction of sp³-hybridized carbons (Fsp3) is 0.500. The Kier molecular flexibility index (Phi) is 5.44. The molecule has 0 amide bonds. The van der Waals surface area contributed by atoms with Crippen molar-refractivity contribution in [2.24, 2.45) is 0 Å². The van der Waals surface area contributed by atoms with E-state index in [4.69, 9.17) is 11.5 Å². The van der Waals surface area contributed by atoms with E-state index in [1.807, 2.05) is 12.4 Å². The second kappa shape index (κ2) is 7.93. The van der Waals surface area contributed by atoms with Crippen LogP contribution in [-0.4, -0.2) is 57.6 Å². The lowest BCUT2D eigenvalue weighted by atomic mass is 10.2. The molecule has 0 aromatic carbocycles. The monoisotopic (exact) mass is 343 g/mol. The number of nitrogens with zero attached hydrogens (tertiary/aromatic N) is 6. The quantitative estimate of drug-likeness (QED) is 0.691. The van der Waals surface area contributed by atoms with E-state index in [-0.39, 0.29) is 5.95 Å². The molecule has 0 bridgehead atoms. The van der Waals surface area contributed by atoms with Crippen molar-refractivity contribution in [3.63, 3.8) is 0 Å². The van der Waals surface area contributed by atoms with E-state index < -0.39 is 0 Å². The first-order valence-electron chi connectivity index (χ1n) is 8.56. The second-order valence-electron chi connectivity index (χ2n) is 6.11. The summed E-state index contributed by atoms with van der Waals surface area (Å²) in [5.74, 6) is 2.10. The number of rotatable bonds is 6. The molecule has 0 saturated carbocycles. The summed E-state index contributed by atoms with van der Waals surface area (Å²) < 4.78 is 0. The van der Waals surface area contributed by atoms with E-state index in [0.717, 1.165) is 57.1 Å². The van der Waals surface area contributed by atoms with E-state index in [2.05, 4.69) is 42.0 Å². The molecule has 3 rings (SSSR count). The summed E-state index contributed by atoms with van der Waals surface area (Å²) in [6.07, 6.45) is 4.84. The van der Waals surface area contributed by atoms with Crippen molar-refractivity contribution >= 4 is 23.5 Å². The molecule has 1 fully saturated rings. The number of hydrogen-bond acceptors (Lipinski definition) is 9. The molecule has 0 spiro atoms. The molecule has 9 heteroatoms. The smallest absolute Gasteiger partial charge is 0.223 e. The first-order chi connectivity index (χ1) is 12.1. The van der Waals surface area contributed by atoms with Crippen LogP contribution in [0.25, 0.3) is 0 Å². The Balaban J connectivity index is 1.52. The number of nitrogens with two attached hydrogens (primary N) is 2. The minimum Gasteiger partial charge on any atom is -0.383 e. The minimum atomic E-state index is 0.214. The first kappa shape index (κ1) is 17.2. The van der Waals surface area contributed by atoms with Crippen LogP contribution >= 0.6 is 0 Å². The number of aromatic nitrogens is 4. The van der Waals surface area contributed by atoms with Gasteiger partial charge in [0.1, 0.15) is 11.6 Å². The highest BCUT2D eigenvalue weighted by Gasteiger charge is 2.19. The predicted molar refractivity (Wildman–Crippen MR) is 99.2 cm³/mol. The summed E-state index contributed by atoms with van der Waals surface area (Å²) >= 11 is 0. The fourth-order valence-electron chi connectivity index (χ4n) is 2.79. The Morgan fingerprint density at radius 3 is 2.44 bits per heavy atom. The SMILES string of the molecule is CCCNc1ncc(CN2CCN(c3cc(N)nc(N)n3)CC2)cn1. The minimum absolute atomic E-state index is 0.214. The highest BCUT2D eigenvalue weighted by Crippen LogP contribution is 2.17. The number of hydrogen-bond donors (Lipinski definition) is 3. The maximum atomic E-state index is 5.75. The van der Waals surface area contributed by atoms with Crippen molar-refractivity contribution in [3.8, 4) is 0 Å². The van der Waals surface area contributed by atoms with Gasteiger partial charge < -0.3 is 21.7 Å². The molecule has 0 unspecified atom stereocenters. The number of nitrogens with one attached hydrogen (secondary N) is 1. The van der Waals surface area contributed by atoms with Crippen LogP contribution < -0.4 is 21.7 Å². The third-order valence-corrected chi connectivity index (χ3v) is 4.09. The van der Waals surface area contributed by atoms with Gasteiger partial charge in [0.05, 0.1) is 0 Å². The second-order valence-corrected chi connectivity index (χ2v) is 6.11. The van der Waals surface area contributed by atoms with Gasteiger partial charge in [-0.2, -0.15) is 9.97 Å². The number of piperazine rings is 1. The molecule has 5 N–H and O–H groups in total. The zero-order valence-corrected chi connectivity index (χ0v) is 14.5. The van der Waals surface area contributed by atoms with Gasteiger partial charge in [0, 0.05) is 63.3 Å². The fourth-order valence-corrected chi connectivity index (χ4v) is 2.79. The van der Waals surface area contributed by atoms with Gasteiger partial charge in [0.25, 0.3) is 0 Å². The average molecular weight is 343 g/mol. The van der Waals surface area contributed by atoms with Gasteiger partial charge in [-0.05, 0) is 6.42 Å². The Morgan fingerprint density at radius 1 is 1.08 bits per heavy atom. The van der Waals surface area contributed by atoms with Gasteiger partial charge in [-0.1, -0.05) is 6.92 Å². The normalized spacial score (nSPS) is 15.3. The summed E-state index contributed by atoms with van der Waals surface area (Å²) in [4.78, 5) is 21.5. The van der Waals surface area contributed by atoms with Crippen molar-refractivity contribution in [3.05, 3.63) is 24.0 Å². The molecule has 0 aliphatic carbocycles. The maximum absolute atomic E-state index is 5.75. The topological polar surface area (TPSA) is 122 Å². The van der Waals surface area contributed by atoms with Gasteiger partial charge in [-0.3, -0.25) is 4.90 Å². The van der Waals surface area contributed by atoms with Crippen LogP contribution in [0.15, 0.2) is 18.5 Å². The van der Waals surface area contributed by atoms with Crippen LogP contribution in [0.3, 0.4) is 0 Å². The zero-order valence-electron chi connectivity index (χ0n) is 14.5. The molecule has 134 valence electrons. The van der Waals surface area contributed by atoms with E-state index in [1.54, 1.807) is 6.07 Å². The molecule has 2 aromatic heterocycles. The van der Waals surface area contributed by atoms with Crippen molar-refractivity contribution in [2.75, 3.05) is 54.4 Å². The van der Waals surface area contributed by atoms with Gasteiger partial charge in [-0.15, -0.1) is 0 Å². The third-order valence-electron chi connectivity index (χ3n) is 4.09. The van der Waals surface area contributed by atoms with Crippen molar-refractivity contribution < 1.29 is 0 Å². The molecule has 1 saturated heterocycles. The zero-order chi connectivity index (χ0) is 17.6. The Hall–Kier alpha value is -2.68. The van der Waals surface area contributed by atoms with Crippen molar-refractivity contribution in [2.45, 2.75) is 19.9 Å². The van der Waals surface area contributed by atoms with Crippen molar-refractivity contribution in [1.29, 1.82) is 0 Å². The van der Waals surface area contributed by atoms with Crippen LogP contribution in [0.5, 0.6) is 0 Å². The lowest BCUT2D eigenvalue weighted by molar-refractivity contribution is 0.249. The maximum Gasteiger partial charge on any atom is 0.223 e. The molecular weight excluding hydrogens is 318 g/mol. The standard InChI is InChI=1S/C16H25N9/c1-2-3-19-16-20-9-12(10-21-16)11-24-4-6-25(7-5-24)14-8-13(17)22-15(18)23-14/h8-10H,2-7,11H2,1H3,(H,19,20,21)(H4,17,18,22,23). The predicted octanol–water partition coefficient (Wildman–Crippen LogP) is 0.575. The number of anilines is 4. The number of nitrogen functional groups attached to an aromatic ring is 2. The van der Waals surface area contributed by atoms with Crippen LogP contribution in [0.1, 0.15) is 18.9 Å². The van der Waals surface area contributed by atoms with Gasteiger partial charge in [0.2, 0.25) is 11.9 Å². The summed E-state index contributed by atoms with van der Waals surface area (Å²) in [5, 5.41) is 3.18. The van der Waals surface area contributed by atoms with E-state index >= 15 is 0 Å². The van der Waals surface area contributed by atoms with Gasteiger partial charge >= 0.3 is 0 Å². The van der Waals surface area contributed by atoms with Crippen LogP contribution in [-0.2, 0) is 6.54 Å². The van der Waals surface area contributed by atoms with E-state index in [9.17, 15) is 0 Å². The molecule has 9 nitrogen and oxygen atoms in total. The summed E-state index contributed by atoms with van der Waals surface area (Å²) in [6, 6.07) is 1.77. The Morgan fingerprint density at radius 2 is 1.80 bits per heavy atom. The summed E-state index contributed by atoms with van der Waals surface area (Å²) in [7, 11) is 0. The van der Waals surface area contributed by atoms with Crippen molar-refractivity contribution in [1.82, 2.24) is 24.8 Å². The Bertz CT molecular complexity index is 660. The van der Waals surface area contributed by atoms with Gasteiger partial charge in [-0.25, -0.2) is 9.97 Å². The molecule has 3 heterocycles. The molecule has 1 aliphatic rings. The average Bonchev–Trinajstić information content (AvgIpc) is 2.61. The molecule has 0 atom stereocenters. The summed E-state index contributed by atoms with van der Waals surface area (Å²) in [6.45, 7) is 7.44. The van der Waals surface area contributed by atoms with Crippen LogP contribution in [0, 0.1) is 0 Å². The molecule has 2 aromatic rings. The molecule has 1 aliphatic heterocycles. The largest absolute Gasteiger partial charge is 0.383 e. The Labute approximate surface area is 147 Å². The van der Waals surface area contributed by atoms with Gasteiger partial charge in [0.15, 0.2) is 0 Å². The van der Waals surface area contributed by atoms with Crippen LogP contribution in [0.4, 0.5) is 23.5 Å². The highest BCUT2D eigenvalue weighted by molar-refractivity contribution is 5.50. The lowest BCUT2D eigenvalue weighted by Gasteiger charge is -2.35. The molecular formula is C16H25N9. The third kappa shape index (κ3) is 4.66. The lowest BCUT2D eigenvalue weighted by Crippen LogP contribution is -2.46. The van der Waals surface area contributed by atoms with E-state index in [1.165, 1.54) is 0 Å². The molecule has 25 heavy (non-hydrogen) atoms. The molecule has 0 radical (unpaired) electrons. The van der Waals surface area contributed by atoms with E-state index in [0.29, 0.717) is 11.8 Å². The first-order valence-corrected chi connectivity index (χ1v) is 8.56. The highest BCUT2D eigenvalue weighted by atomic mass is 15.3. The van der Waals surface area contributed by atoms with Crippen LogP contribution in [0.2, 0.25) is 0 Å².